The number of halogens is 1. The summed E-state index contributed by atoms with van der Waals surface area (Å²) in [5.41, 5.74) is 6.05. The quantitative estimate of drug-likeness (QED) is 0.902. The van der Waals surface area contributed by atoms with Crippen LogP contribution in [0.4, 0.5) is 27.9 Å². The van der Waals surface area contributed by atoms with Gasteiger partial charge in [-0.2, -0.15) is 15.0 Å². The largest absolute Gasteiger partial charge is 0.368 e. The predicted octanol–water partition coefficient (Wildman–Crippen LogP) is 2.33. The molecule has 0 unspecified atom stereocenters. The first-order valence-electron chi connectivity index (χ1n) is 7.00. The van der Waals surface area contributed by atoms with Gasteiger partial charge in [-0.05, 0) is 31.4 Å². The van der Waals surface area contributed by atoms with Crippen LogP contribution in [0.3, 0.4) is 0 Å². The van der Waals surface area contributed by atoms with E-state index >= 15 is 0 Å². The van der Waals surface area contributed by atoms with Crippen molar-refractivity contribution in [3.8, 4) is 0 Å². The highest BCUT2D eigenvalue weighted by molar-refractivity contribution is 5.56. The molecule has 7 heteroatoms. The van der Waals surface area contributed by atoms with Gasteiger partial charge >= 0.3 is 0 Å². The number of nitrogen functional groups attached to an aromatic ring is 1. The molecule has 2 heterocycles. The average molecular weight is 288 g/mol. The first-order chi connectivity index (χ1) is 10.2. The number of nitrogens with two attached hydrogens (primary N) is 1. The second-order valence-corrected chi connectivity index (χ2v) is 4.97. The van der Waals surface area contributed by atoms with E-state index in [1.807, 2.05) is 0 Å². The van der Waals surface area contributed by atoms with Crippen LogP contribution < -0.4 is 16.0 Å². The first-order valence-corrected chi connectivity index (χ1v) is 7.00. The molecule has 3 N–H and O–H groups in total. The van der Waals surface area contributed by atoms with Crippen LogP contribution in [0.1, 0.15) is 19.3 Å². The number of benzene rings is 1. The zero-order chi connectivity index (χ0) is 14.7. The predicted molar refractivity (Wildman–Crippen MR) is 80.0 cm³/mol. The lowest BCUT2D eigenvalue weighted by atomic mass is 10.1. The molecule has 3 rings (SSSR count). The van der Waals surface area contributed by atoms with Gasteiger partial charge in [0.2, 0.25) is 17.8 Å². The Morgan fingerprint density at radius 3 is 2.57 bits per heavy atom. The minimum Gasteiger partial charge on any atom is -0.368 e. The highest BCUT2D eigenvalue weighted by Crippen LogP contribution is 2.21. The molecule has 1 aliphatic heterocycles. The van der Waals surface area contributed by atoms with E-state index in [1.165, 1.54) is 12.5 Å². The Balaban J connectivity index is 1.85. The van der Waals surface area contributed by atoms with E-state index in [9.17, 15) is 4.39 Å². The normalized spacial score (nSPS) is 15.0. The summed E-state index contributed by atoms with van der Waals surface area (Å²) in [6.45, 7) is 1.81. The number of anilines is 4. The number of aromatic nitrogens is 3. The lowest BCUT2D eigenvalue weighted by Gasteiger charge is -2.26. The van der Waals surface area contributed by atoms with Crippen molar-refractivity contribution in [2.24, 2.45) is 0 Å². The monoisotopic (exact) mass is 288 g/mol. The Bertz CT molecular complexity index is 627. The third-order valence-corrected chi connectivity index (χ3v) is 3.40. The third kappa shape index (κ3) is 3.18. The van der Waals surface area contributed by atoms with Gasteiger partial charge in [0, 0.05) is 13.1 Å². The van der Waals surface area contributed by atoms with Crippen LogP contribution in [-0.2, 0) is 0 Å². The van der Waals surface area contributed by atoms with Gasteiger partial charge in [0.25, 0.3) is 0 Å². The number of hydrogen-bond acceptors (Lipinski definition) is 6. The van der Waals surface area contributed by atoms with Crippen molar-refractivity contribution >= 4 is 23.5 Å². The molecule has 0 spiro atoms. The van der Waals surface area contributed by atoms with Crippen LogP contribution in [-0.4, -0.2) is 28.0 Å². The second-order valence-electron chi connectivity index (χ2n) is 4.97. The average Bonchev–Trinajstić information content (AvgIpc) is 2.50. The molecule has 2 aromatic rings. The Hall–Kier alpha value is -2.44. The molecule has 0 bridgehead atoms. The van der Waals surface area contributed by atoms with Crippen LogP contribution in [0.5, 0.6) is 0 Å². The number of rotatable bonds is 3. The van der Waals surface area contributed by atoms with Crippen LogP contribution in [0, 0.1) is 5.82 Å². The maximum absolute atomic E-state index is 13.7. The topological polar surface area (TPSA) is 80.0 Å². The summed E-state index contributed by atoms with van der Waals surface area (Å²) in [6.07, 6.45) is 3.45. The lowest BCUT2D eigenvalue weighted by molar-refractivity contribution is 0.568. The van der Waals surface area contributed by atoms with Crippen molar-refractivity contribution < 1.29 is 4.39 Å². The fourth-order valence-electron chi connectivity index (χ4n) is 2.35. The van der Waals surface area contributed by atoms with Gasteiger partial charge in [-0.15, -0.1) is 0 Å². The van der Waals surface area contributed by atoms with Gasteiger partial charge in [-0.3, -0.25) is 0 Å². The highest BCUT2D eigenvalue weighted by Gasteiger charge is 2.16. The molecule has 21 heavy (non-hydrogen) atoms. The Kier molecular flexibility index (Phi) is 3.81. The molecule has 1 aliphatic rings. The molecule has 110 valence electrons. The van der Waals surface area contributed by atoms with Gasteiger partial charge in [0.05, 0.1) is 5.69 Å². The van der Waals surface area contributed by atoms with Crippen molar-refractivity contribution in [1.29, 1.82) is 0 Å². The molecule has 1 saturated heterocycles. The highest BCUT2D eigenvalue weighted by atomic mass is 19.1. The number of hydrogen-bond donors (Lipinski definition) is 2. The van der Waals surface area contributed by atoms with Gasteiger partial charge in [-0.1, -0.05) is 12.1 Å². The van der Waals surface area contributed by atoms with Gasteiger partial charge < -0.3 is 16.0 Å². The number of para-hydroxylation sites is 1. The van der Waals surface area contributed by atoms with E-state index in [4.69, 9.17) is 5.73 Å². The van der Waals surface area contributed by atoms with E-state index < -0.39 is 0 Å². The molecular weight excluding hydrogens is 271 g/mol. The molecule has 1 aromatic heterocycles. The van der Waals surface area contributed by atoms with Crippen molar-refractivity contribution in [2.45, 2.75) is 19.3 Å². The molecule has 1 aromatic carbocycles. The smallest absolute Gasteiger partial charge is 0.233 e. The van der Waals surface area contributed by atoms with Crippen molar-refractivity contribution in [3.63, 3.8) is 0 Å². The summed E-state index contributed by atoms with van der Waals surface area (Å²) < 4.78 is 13.7. The molecule has 1 fully saturated rings. The Morgan fingerprint density at radius 1 is 1.05 bits per heavy atom. The third-order valence-electron chi connectivity index (χ3n) is 3.40. The lowest BCUT2D eigenvalue weighted by Crippen LogP contribution is -2.31. The Labute approximate surface area is 122 Å². The van der Waals surface area contributed by atoms with Crippen LogP contribution >= 0.6 is 0 Å². The van der Waals surface area contributed by atoms with E-state index in [-0.39, 0.29) is 17.7 Å². The minimum atomic E-state index is -0.365. The van der Waals surface area contributed by atoms with Crippen LogP contribution in [0.25, 0.3) is 0 Å². The molecule has 0 amide bonds. The summed E-state index contributed by atoms with van der Waals surface area (Å²) in [5, 5.41) is 2.85. The number of piperidine rings is 1. The molecule has 0 saturated carbocycles. The SMILES string of the molecule is Nc1nc(Nc2ccccc2F)nc(N2CCCCC2)n1. The van der Waals surface area contributed by atoms with Crippen LogP contribution in [0.15, 0.2) is 24.3 Å². The molecule has 0 atom stereocenters. The molecular formula is C14H17FN6. The van der Waals surface area contributed by atoms with Crippen molar-refractivity contribution in [2.75, 3.05) is 29.0 Å². The maximum atomic E-state index is 13.7. The first kappa shape index (κ1) is 13.5. The zero-order valence-electron chi connectivity index (χ0n) is 11.6. The molecule has 0 aliphatic carbocycles. The Morgan fingerprint density at radius 2 is 1.81 bits per heavy atom. The van der Waals surface area contributed by atoms with Gasteiger partial charge in [-0.25, -0.2) is 4.39 Å². The number of nitrogens with zero attached hydrogens (tertiary/aromatic N) is 4. The van der Waals surface area contributed by atoms with Crippen molar-refractivity contribution in [1.82, 2.24) is 15.0 Å². The summed E-state index contributed by atoms with van der Waals surface area (Å²) in [4.78, 5) is 14.6. The fraction of sp³-hybridized carbons (Fsp3) is 0.357. The minimum absolute atomic E-state index is 0.129. The van der Waals surface area contributed by atoms with Gasteiger partial charge in [0.15, 0.2) is 0 Å². The summed E-state index contributed by atoms with van der Waals surface area (Å²) in [7, 11) is 0. The van der Waals surface area contributed by atoms with E-state index in [0.29, 0.717) is 11.6 Å². The van der Waals surface area contributed by atoms with E-state index in [1.54, 1.807) is 18.2 Å². The molecule has 6 nitrogen and oxygen atoms in total. The summed E-state index contributed by atoms with van der Waals surface area (Å²) in [6, 6.07) is 6.36. The zero-order valence-corrected chi connectivity index (χ0v) is 11.6. The van der Waals surface area contributed by atoms with Crippen molar-refractivity contribution in [3.05, 3.63) is 30.1 Å². The van der Waals surface area contributed by atoms with Gasteiger partial charge in [0.1, 0.15) is 5.82 Å². The second kappa shape index (κ2) is 5.90. The maximum Gasteiger partial charge on any atom is 0.233 e. The summed E-state index contributed by atoms with van der Waals surface area (Å²) >= 11 is 0. The number of nitrogens with one attached hydrogen (secondary N) is 1. The van der Waals surface area contributed by atoms with Crippen LogP contribution in [0.2, 0.25) is 0 Å². The standard InChI is InChI=1S/C14H17FN6/c15-10-6-2-3-7-11(10)17-13-18-12(16)19-14(20-13)21-8-4-1-5-9-21/h2-3,6-7H,1,4-5,8-9H2,(H3,16,17,18,19,20). The fourth-order valence-corrected chi connectivity index (χ4v) is 2.35. The van der Waals surface area contributed by atoms with E-state index in [0.717, 1.165) is 25.9 Å². The summed E-state index contributed by atoms with van der Waals surface area (Å²) in [5.74, 6) is 0.564. The van der Waals surface area contributed by atoms with E-state index in [2.05, 4.69) is 25.2 Å². The molecule has 0 radical (unpaired) electrons.